The Hall–Kier alpha value is -1.05. The first-order chi connectivity index (χ1) is 9.83. The highest BCUT2D eigenvalue weighted by atomic mass is 32.2. The van der Waals surface area contributed by atoms with E-state index in [9.17, 15) is 13.2 Å². The molecule has 0 saturated carbocycles. The lowest BCUT2D eigenvalue weighted by Gasteiger charge is -2.11. The molecule has 2 nitrogen and oxygen atoms in total. The Labute approximate surface area is 129 Å². The van der Waals surface area contributed by atoms with E-state index in [1.165, 1.54) is 12.1 Å². The molecule has 0 spiro atoms. The van der Waals surface area contributed by atoms with Gasteiger partial charge in [0, 0.05) is 22.5 Å². The number of alkyl halides is 3. The van der Waals surface area contributed by atoms with Gasteiger partial charge in [0.2, 0.25) is 0 Å². The van der Waals surface area contributed by atoms with E-state index in [1.54, 1.807) is 23.5 Å². The number of halogens is 3. The van der Waals surface area contributed by atoms with Crippen LogP contribution in [-0.4, -0.2) is 10.5 Å². The van der Waals surface area contributed by atoms with Crippen LogP contribution < -0.4 is 5.32 Å². The molecule has 0 saturated heterocycles. The van der Waals surface area contributed by atoms with Gasteiger partial charge < -0.3 is 5.32 Å². The van der Waals surface area contributed by atoms with Crippen LogP contribution in [0.3, 0.4) is 0 Å². The van der Waals surface area contributed by atoms with Crippen molar-refractivity contribution in [3.63, 3.8) is 0 Å². The van der Waals surface area contributed by atoms with Gasteiger partial charge >= 0.3 is 5.51 Å². The minimum absolute atomic E-state index is 0.0953. The first-order valence-corrected chi connectivity index (χ1v) is 8.03. The van der Waals surface area contributed by atoms with Crippen molar-refractivity contribution in [1.82, 2.24) is 10.3 Å². The molecule has 2 aromatic rings. The second kappa shape index (κ2) is 6.81. The zero-order valence-electron chi connectivity index (χ0n) is 11.6. The second-order valence-corrected chi connectivity index (χ2v) is 6.65. The number of rotatable bonds is 5. The smallest absolute Gasteiger partial charge is 0.304 e. The van der Waals surface area contributed by atoms with Crippen LogP contribution >= 0.6 is 23.1 Å². The lowest BCUT2D eigenvalue weighted by atomic mass is 10.2. The molecule has 1 N–H and O–H groups in total. The molecule has 0 aliphatic carbocycles. The summed E-state index contributed by atoms with van der Waals surface area (Å²) in [7, 11) is 0. The summed E-state index contributed by atoms with van der Waals surface area (Å²) in [5.41, 5.74) is -2.30. The Balaban J connectivity index is 1.89. The molecular formula is C14H15F3N2S2. The van der Waals surface area contributed by atoms with E-state index in [0.29, 0.717) is 6.54 Å². The fraction of sp³-hybridized carbons (Fsp3) is 0.357. The SMILES string of the molecule is Cc1csc(C(C)NCc2ccc(SC(F)(F)F)cc2)n1. The van der Waals surface area contributed by atoms with Gasteiger partial charge in [-0.3, -0.25) is 0 Å². The van der Waals surface area contributed by atoms with Crippen molar-refractivity contribution >= 4 is 23.1 Å². The van der Waals surface area contributed by atoms with Crippen molar-refractivity contribution < 1.29 is 13.2 Å². The number of nitrogens with zero attached hydrogens (tertiary/aromatic N) is 1. The zero-order chi connectivity index (χ0) is 15.5. The summed E-state index contributed by atoms with van der Waals surface area (Å²) in [6.07, 6.45) is 0. The van der Waals surface area contributed by atoms with E-state index in [4.69, 9.17) is 0 Å². The standard InChI is InChI=1S/C14H15F3N2S2/c1-9-8-20-13(19-9)10(2)18-7-11-3-5-12(6-4-11)21-14(15,16)17/h3-6,8,10,18H,7H2,1-2H3. The quantitative estimate of drug-likeness (QED) is 0.787. The van der Waals surface area contributed by atoms with E-state index < -0.39 is 5.51 Å². The molecule has 0 fully saturated rings. The van der Waals surface area contributed by atoms with Crippen LogP contribution in [0.4, 0.5) is 13.2 Å². The van der Waals surface area contributed by atoms with Crippen LogP contribution in [0.1, 0.15) is 29.2 Å². The third kappa shape index (κ3) is 5.33. The Bertz CT molecular complexity index is 579. The van der Waals surface area contributed by atoms with E-state index in [2.05, 4.69) is 10.3 Å². The van der Waals surface area contributed by atoms with Gasteiger partial charge in [0.15, 0.2) is 0 Å². The molecule has 0 bridgehead atoms. The summed E-state index contributed by atoms with van der Waals surface area (Å²) in [6.45, 7) is 4.56. The number of aryl methyl sites for hydroxylation is 1. The second-order valence-electron chi connectivity index (χ2n) is 4.62. The average Bonchev–Trinajstić information content (AvgIpc) is 2.82. The highest BCUT2D eigenvalue weighted by Gasteiger charge is 2.28. The molecule has 0 amide bonds. The number of benzene rings is 1. The number of nitrogens with one attached hydrogen (secondary N) is 1. The zero-order valence-corrected chi connectivity index (χ0v) is 13.2. The molecule has 1 aromatic carbocycles. The number of thioether (sulfide) groups is 1. The molecule has 0 aliphatic rings. The Morgan fingerprint density at radius 1 is 1.29 bits per heavy atom. The van der Waals surface area contributed by atoms with Crippen molar-refractivity contribution in [1.29, 1.82) is 0 Å². The third-order valence-electron chi connectivity index (χ3n) is 2.78. The van der Waals surface area contributed by atoms with E-state index in [-0.39, 0.29) is 22.7 Å². The molecule has 1 heterocycles. The number of aromatic nitrogens is 1. The van der Waals surface area contributed by atoms with Gasteiger partial charge in [-0.05, 0) is 43.3 Å². The van der Waals surface area contributed by atoms with Crippen molar-refractivity contribution in [2.75, 3.05) is 0 Å². The topological polar surface area (TPSA) is 24.9 Å². The van der Waals surface area contributed by atoms with Crippen LogP contribution in [0.25, 0.3) is 0 Å². The van der Waals surface area contributed by atoms with Crippen LogP contribution in [0.15, 0.2) is 34.5 Å². The van der Waals surface area contributed by atoms with Gasteiger partial charge in [0.05, 0.1) is 6.04 Å². The maximum Gasteiger partial charge on any atom is 0.446 e. The number of hydrogen-bond donors (Lipinski definition) is 1. The summed E-state index contributed by atoms with van der Waals surface area (Å²) in [6, 6.07) is 6.52. The summed E-state index contributed by atoms with van der Waals surface area (Å²) >= 11 is 1.50. The average molecular weight is 332 g/mol. The van der Waals surface area contributed by atoms with Crippen molar-refractivity contribution in [2.45, 2.75) is 36.8 Å². The van der Waals surface area contributed by atoms with Crippen LogP contribution in [0, 0.1) is 6.92 Å². The monoisotopic (exact) mass is 332 g/mol. The predicted molar refractivity (Wildman–Crippen MR) is 80.5 cm³/mol. The van der Waals surface area contributed by atoms with Crippen LogP contribution in [-0.2, 0) is 6.54 Å². The first kappa shape index (κ1) is 16.3. The molecule has 114 valence electrons. The van der Waals surface area contributed by atoms with Gasteiger partial charge in [-0.2, -0.15) is 13.2 Å². The molecule has 21 heavy (non-hydrogen) atoms. The Kier molecular flexibility index (Phi) is 5.29. The number of thiazole rings is 1. The summed E-state index contributed by atoms with van der Waals surface area (Å²) < 4.78 is 36.7. The lowest BCUT2D eigenvalue weighted by Crippen LogP contribution is -2.17. The van der Waals surface area contributed by atoms with Crippen molar-refractivity contribution in [2.24, 2.45) is 0 Å². The molecule has 2 rings (SSSR count). The van der Waals surface area contributed by atoms with Crippen molar-refractivity contribution in [3.05, 3.63) is 45.9 Å². The van der Waals surface area contributed by atoms with Gasteiger partial charge in [-0.25, -0.2) is 4.98 Å². The fourth-order valence-corrected chi connectivity index (χ4v) is 3.11. The first-order valence-electron chi connectivity index (χ1n) is 6.33. The fourth-order valence-electron chi connectivity index (χ4n) is 1.74. The maximum atomic E-state index is 12.2. The highest BCUT2D eigenvalue weighted by Crippen LogP contribution is 2.36. The van der Waals surface area contributed by atoms with Crippen LogP contribution in [0.5, 0.6) is 0 Å². The largest absolute Gasteiger partial charge is 0.446 e. The normalized spacial score (nSPS) is 13.4. The predicted octanol–water partition coefficient (Wildman–Crippen LogP) is 4.91. The Morgan fingerprint density at radius 2 is 1.95 bits per heavy atom. The molecular weight excluding hydrogens is 317 g/mol. The van der Waals surface area contributed by atoms with E-state index >= 15 is 0 Å². The third-order valence-corrected chi connectivity index (χ3v) is 4.66. The van der Waals surface area contributed by atoms with Gasteiger partial charge in [-0.1, -0.05) is 12.1 Å². The Morgan fingerprint density at radius 3 is 2.48 bits per heavy atom. The van der Waals surface area contributed by atoms with Gasteiger partial charge in [-0.15, -0.1) is 11.3 Å². The highest BCUT2D eigenvalue weighted by molar-refractivity contribution is 8.00. The minimum Gasteiger partial charge on any atom is -0.304 e. The maximum absolute atomic E-state index is 12.2. The summed E-state index contributed by atoms with van der Waals surface area (Å²) in [4.78, 5) is 4.61. The molecule has 1 aromatic heterocycles. The number of hydrogen-bond acceptors (Lipinski definition) is 4. The molecule has 1 atom stereocenters. The van der Waals surface area contributed by atoms with Crippen LogP contribution in [0.2, 0.25) is 0 Å². The lowest BCUT2D eigenvalue weighted by molar-refractivity contribution is -0.0328. The molecule has 7 heteroatoms. The van der Waals surface area contributed by atoms with Crippen molar-refractivity contribution in [3.8, 4) is 0 Å². The minimum atomic E-state index is -4.24. The van der Waals surface area contributed by atoms with Gasteiger partial charge in [0.1, 0.15) is 5.01 Å². The van der Waals surface area contributed by atoms with Gasteiger partial charge in [0.25, 0.3) is 0 Å². The van der Waals surface area contributed by atoms with E-state index in [1.807, 2.05) is 19.2 Å². The molecule has 1 unspecified atom stereocenters. The molecule has 0 radical (unpaired) electrons. The summed E-state index contributed by atoms with van der Waals surface area (Å²) in [5, 5.41) is 6.32. The molecule has 0 aliphatic heterocycles. The van der Waals surface area contributed by atoms with E-state index in [0.717, 1.165) is 16.3 Å². The summed E-state index contributed by atoms with van der Waals surface area (Å²) in [5.74, 6) is 0.